The molecule has 4 heterocycles. The number of carbonyl (C=O) groups is 8. The molecule has 0 spiro atoms. The fraction of sp³-hybridized carbons (Fsp3) is 0.111. The van der Waals surface area contributed by atoms with Gasteiger partial charge < -0.3 is 0 Å². The largest absolute Gasteiger partial charge is 0.277 e. The first-order chi connectivity index (χ1) is 22.8. The van der Waals surface area contributed by atoms with Crippen LogP contribution in [0.4, 0.5) is 0 Å². The highest BCUT2D eigenvalue weighted by atomic mass is 16.2. The van der Waals surface area contributed by atoms with Crippen LogP contribution in [0.15, 0.2) is 72.8 Å². The third-order valence-electron chi connectivity index (χ3n) is 9.03. The number of hydrogen-bond acceptors (Lipinski definition) is 8. The van der Waals surface area contributed by atoms with E-state index in [1.165, 1.54) is 28.2 Å². The van der Waals surface area contributed by atoms with E-state index in [4.69, 9.17) is 0 Å². The molecular formula is C36H24N4O8. The number of hydrogen-bond donors (Lipinski definition) is 0. The van der Waals surface area contributed by atoms with Gasteiger partial charge in [-0.25, -0.2) is 0 Å². The predicted molar refractivity (Wildman–Crippen MR) is 169 cm³/mol. The van der Waals surface area contributed by atoms with E-state index < -0.39 is 0 Å². The standard InChI is InChI=1S/2C18H12N2O4/c1-19-15(21)11-5-3-9(7-13(11)17(19)23)10-4-6-12-14(8-10)18(24)20(2)16(12)22;1-19-15(21)11-7-6-9(8-13(11)17(19)23)10-4-3-5-12-14(10)18(24)20(2)16(12)22/h2*3-8H,1-2H3. The van der Waals surface area contributed by atoms with Crippen molar-refractivity contribution in [2.75, 3.05) is 28.2 Å². The topological polar surface area (TPSA) is 150 Å². The predicted octanol–water partition coefficient (Wildman–Crippen LogP) is 3.61. The summed E-state index contributed by atoms with van der Waals surface area (Å²) < 4.78 is 0. The van der Waals surface area contributed by atoms with Crippen molar-refractivity contribution in [3.8, 4) is 22.3 Å². The number of carbonyl (C=O) groups excluding carboxylic acids is 8. The Morgan fingerprint density at radius 2 is 0.625 bits per heavy atom. The van der Waals surface area contributed by atoms with Crippen molar-refractivity contribution < 1.29 is 38.4 Å². The van der Waals surface area contributed by atoms with Gasteiger partial charge in [0, 0.05) is 28.2 Å². The van der Waals surface area contributed by atoms with Crippen LogP contribution in [0.1, 0.15) is 82.9 Å². The van der Waals surface area contributed by atoms with E-state index in [1.807, 2.05) is 0 Å². The lowest BCUT2D eigenvalue weighted by molar-refractivity contribution is 0.0677. The van der Waals surface area contributed by atoms with Gasteiger partial charge >= 0.3 is 0 Å². The van der Waals surface area contributed by atoms with Crippen molar-refractivity contribution in [1.29, 1.82) is 0 Å². The van der Waals surface area contributed by atoms with Gasteiger partial charge in [-0.3, -0.25) is 58.0 Å². The zero-order valence-corrected chi connectivity index (χ0v) is 26.0. The summed E-state index contributed by atoms with van der Waals surface area (Å²) in [5, 5.41) is 0. The van der Waals surface area contributed by atoms with Gasteiger partial charge in [0.25, 0.3) is 47.3 Å². The molecule has 0 N–H and O–H groups in total. The van der Waals surface area contributed by atoms with Gasteiger partial charge in [0.2, 0.25) is 0 Å². The first kappa shape index (κ1) is 30.1. The Balaban J connectivity index is 0.000000152. The van der Waals surface area contributed by atoms with Crippen molar-refractivity contribution in [3.63, 3.8) is 0 Å². The van der Waals surface area contributed by atoms with Crippen molar-refractivity contribution in [3.05, 3.63) is 117 Å². The van der Waals surface area contributed by atoms with Crippen LogP contribution >= 0.6 is 0 Å². The van der Waals surface area contributed by atoms with Crippen molar-refractivity contribution in [2.45, 2.75) is 0 Å². The van der Waals surface area contributed by atoms with Crippen LogP contribution in [0.25, 0.3) is 22.3 Å². The maximum absolute atomic E-state index is 12.4. The minimum atomic E-state index is -0.371. The molecule has 0 saturated carbocycles. The second-order valence-corrected chi connectivity index (χ2v) is 11.7. The molecule has 0 fully saturated rings. The molecule has 4 aliphatic rings. The molecule has 4 aliphatic heterocycles. The number of rotatable bonds is 2. The minimum Gasteiger partial charge on any atom is -0.277 e. The molecular weight excluding hydrogens is 616 g/mol. The number of amides is 8. The molecule has 12 nitrogen and oxygen atoms in total. The highest BCUT2D eigenvalue weighted by Gasteiger charge is 2.37. The Labute approximate surface area is 272 Å². The average molecular weight is 641 g/mol. The van der Waals surface area contributed by atoms with Crippen LogP contribution in [-0.2, 0) is 0 Å². The zero-order chi connectivity index (χ0) is 34.3. The fourth-order valence-corrected chi connectivity index (χ4v) is 6.25. The van der Waals surface area contributed by atoms with Crippen LogP contribution in [0, 0.1) is 0 Å². The van der Waals surface area contributed by atoms with E-state index in [0.29, 0.717) is 66.8 Å². The van der Waals surface area contributed by atoms with Crippen molar-refractivity contribution in [2.24, 2.45) is 0 Å². The molecule has 0 saturated heterocycles. The fourth-order valence-electron chi connectivity index (χ4n) is 6.25. The molecule has 8 rings (SSSR count). The van der Waals surface area contributed by atoms with Gasteiger partial charge in [0.05, 0.1) is 44.5 Å². The minimum absolute atomic E-state index is 0.308. The quantitative estimate of drug-likeness (QED) is 0.302. The molecule has 12 heteroatoms. The molecule has 0 aromatic heterocycles. The third kappa shape index (κ3) is 4.15. The molecule has 0 atom stereocenters. The van der Waals surface area contributed by atoms with E-state index in [1.54, 1.807) is 72.8 Å². The SMILES string of the molecule is CN1C(=O)c2ccc(-c3ccc4c(c3)C(=O)N(C)C4=O)cc2C1=O.CN1C(=O)c2ccc(-c3cccc4c3C(=O)N(C)C4=O)cc2C1=O. The van der Waals surface area contributed by atoms with E-state index in [-0.39, 0.29) is 47.3 Å². The van der Waals surface area contributed by atoms with Crippen LogP contribution < -0.4 is 0 Å². The van der Waals surface area contributed by atoms with Crippen LogP contribution in [0.5, 0.6) is 0 Å². The first-order valence-electron chi connectivity index (χ1n) is 14.7. The Morgan fingerprint density at radius 3 is 1.06 bits per heavy atom. The monoisotopic (exact) mass is 640 g/mol. The van der Waals surface area contributed by atoms with Crippen LogP contribution in [0.2, 0.25) is 0 Å². The summed E-state index contributed by atoms with van der Waals surface area (Å²) in [5.74, 6) is -2.76. The third-order valence-corrected chi connectivity index (χ3v) is 9.03. The van der Waals surface area contributed by atoms with Gasteiger partial charge in [-0.15, -0.1) is 0 Å². The Morgan fingerprint density at radius 1 is 0.312 bits per heavy atom. The lowest BCUT2D eigenvalue weighted by Crippen LogP contribution is -2.24. The second-order valence-electron chi connectivity index (χ2n) is 11.7. The zero-order valence-electron chi connectivity index (χ0n) is 26.0. The lowest BCUT2D eigenvalue weighted by Gasteiger charge is -2.08. The Kier molecular flexibility index (Phi) is 6.58. The number of imide groups is 4. The summed E-state index contributed by atoms with van der Waals surface area (Å²) in [7, 11) is 5.76. The molecule has 0 radical (unpaired) electrons. The van der Waals surface area contributed by atoms with Crippen molar-refractivity contribution >= 4 is 47.3 Å². The van der Waals surface area contributed by atoms with Crippen LogP contribution in [-0.4, -0.2) is 95.0 Å². The summed E-state index contributed by atoms with van der Waals surface area (Å²) >= 11 is 0. The van der Waals surface area contributed by atoms with E-state index >= 15 is 0 Å². The summed E-state index contributed by atoms with van der Waals surface area (Å²) in [6.45, 7) is 0. The molecule has 48 heavy (non-hydrogen) atoms. The number of nitrogens with zero attached hydrogens (tertiary/aromatic N) is 4. The molecule has 4 aromatic rings. The molecule has 236 valence electrons. The Hall–Kier alpha value is -6.56. The maximum Gasteiger partial charge on any atom is 0.261 e. The maximum atomic E-state index is 12.4. The molecule has 8 amide bonds. The van der Waals surface area contributed by atoms with E-state index in [9.17, 15) is 38.4 Å². The van der Waals surface area contributed by atoms with E-state index in [0.717, 1.165) is 19.6 Å². The highest BCUT2D eigenvalue weighted by molar-refractivity contribution is 6.25. The van der Waals surface area contributed by atoms with Gasteiger partial charge in [-0.05, 0) is 64.7 Å². The highest BCUT2D eigenvalue weighted by Crippen LogP contribution is 2.35. The number of fused-ring (bicyclic) bond motifs is 4. The summed E-state index contributed by atoms with van der Waals surface area (Å²) in [6, 6.07) is 19.9. The van der Waals surface area contributed by atoms with Gasteiger partial charge in [-0.1, -0.05) is 30.3 Å². The van der Waals surface area contributed by atoms with Crippen LogP contribution in [0.3, 0.4) is 0 Å². The van der Waals surface area contributed by atoms with E-state index in [2.05, 4.69) is 0 Å². The lowest BCUT2D eigenvalue weighted by atomic mass is 9.94. The molecule has 0 bridgehead atoms. The first-order valence-corrected chi connectivity index (χ1v) is 14.7. The normalized spacial score (nSPS) is 16.1. The molecule has 4 aromatic carbocycles. The average Bonchev–Trinajstić information content (AvgIpc) is 3.65. The Bertz CT molecular complexity index is 2180. The smallest absolute Gasteiger partial charge is 0.261 e. The van der Waals surface area contributed by atoms with Gasteiger partial charge in [-0.2, -0.15) is 0 Å². The van der Waals surface area contributed by atoms with Gasteiger partial charge in [0.15, 0.2) is 0 Å². The molecule has 0 unspecified atom stereocenters. The van der Waals surface area contributed by atoms with Gasteiger partial charge in [0.1, 0.15) is 0 Å². The second kappa shape index (κ2) is 10.5. The summed E-state index contributed by atoms with van der Waals surface area (Å²) in [4.78, 5) is 101. The summed E-state index contributed by atoms with van der Waals surface area (Å²) in [6.07, 6.45) is 0. The number of benzene rings is 4. The summed E-state index contributed by atoms with van der Waals surface area (Å²) in [5.41, 5.74) is 5.39. The van der Waals surface area contributed by atoms with Crippen molar-refractivity contribution in [1.82, 2.24) is 19.6 Å². The molecule has 0 aliphatic carbocycles.